The van der Waals surface area contributed by atoms with Crippen LogP contribution in [0.5, 0.6) is 0 Å². The Morgan fingerprint density at radius 3 is 2.83 bits per heavy atom. The van der Waals surface area contributed by atoms with Gasteiger partial charge in [-0.3, -0.25) is 0 Å². The van der Waals surface area contributed by atoms with Crippen LogP contribution in [-0.2, 0) is 0 Å². The van der Waals surface area contributed by atoms with Crippen LogP contribution in [0.4, 0.5) is 5.82 Å². The Morgan fingerprint density at radius 2 is 2.28 bits per heavy atom. The Bertz CT molecular complexity index is 487. The van der Waals surface area contributed by atoms with Crippen molar-refractivity contribution in [2.45, 2.75) is 33.2 Å². The second-order valence-electron chi connectivity index (χ2n) is 5.24. The van der Waals surface area contributed by atoms with Crippen LogP contribution < -0.4 is 10.6 Å². The van der Waals surface area contributed by atoms with Crippen molar-refractivity contribution < 1.29 is 0 Å². The molecule has 1 fully saturated rings. The van der Waals surface area contributed by atoms with Crippen molar-refractivity contribution in [3.05, 3.63) is 22.9 Å². The fourth-order valence-corrected chi connectivity index (χ4v) is 2.59. The van der Waals surface area contributed by atoms with Crippen LogP contribution in [0.3, 0.4) is 0 Å². The zero-order valence-electron chi connectivity index (χ0n) is 11.3. The van der Waals surface area contributed by atoms with E-state index in [4.69, 9.17) is 5.73 Å². The lowest BCUT2D eigenvalue weighted by Crippen LogP contribution is -2.30. The van der Waals surface area contributed by atoms with Crippen LogP contribution in [-0.4, -0.2) is 24.1 Å². The van der Waals surface area contributed by atoms with Crippen molar-refractivity contribution in [2.75, 3.05) is 18.0 Å². The lowest BCUT2D eigenvalue weighted by atomic mass is 10.0. The second-order valence-corrected chi connectivity index (χ2v) is 5.24. The molecule has 2 unspecified atom stereocenters. The van der Waals surface area contributed by atoms with Gasteiger partial charge in [-0.1, -0.05) is 0 Å². The molecule has 0 amide bonds. The Balaban J connectivity index is 2.32. The molecule has 4 heteroatoms. The molecular formula is C14H20N4. The Hall–Kier alpha value is -1.60. The number of rotatable bonds is 2. The molecule has 1 aromatic heterocycles. The van der Waals surface area contributed by atoms with Gasteiger partial charge in [0.1, 0.15) is 11.9 Å². The molecule has 1 aliphatic heterocycles. The van der Waals surface area contributed by atoms with Gasteiger partial charge in [0, 0.05) is 24.8 Å². The van der Waals surface area contributed by atoms with E-state index in [9.17, 15) is 5.26 Å². The summed E-state index contributed by atoms with van der Waals surface area (Å²) >= 11 is 0. The first kappa shape index (κ1) is 12.8. The molecule has 2 rings (SSSR count). The standard InChI is InChI=1S/C14H20N4/c1-9-6-10(2)17-14(13(9)7-15)18-5-4-12(8-18)11(3)16/h6,11-12H,4-5,8,16H2,1-3H3. The fraction of sp³-hybridized carbons (Fsp3) is 0.571. The highest BCUT2D eigenvalue weighted by atomic mass is 15.2. The maximum Gasteiger partial charge on any atom is 0.147 e. The lowest BCUT2D eigenvalue weighted by molar-refractivity contribution is 0.488. The van der Waals surface area contributed by atoms with Crippen LogP contribution in [0.25, 0.3) is 0 Å². The van der Waals surface area contributed by atoms with Crippen molar-refractivity contribution in [3.63, 3.8) is 0 Å². The molecule has 0 aromatic carbocycles. The van der Waals surface area contributed by atoms with Crippen LogP contribution >= 0.6 is 0 Å². The van der Waals surface area contributed by atoms with E-state index in [-0.39, 0.29) is 6.04 Å². The first-order valence-corrected chi connectivity index (χ1v) is 6.41. The number of nitrogens with zero attached hydrogens (tertiary/aromatic N) is 3. The topological polar surface area (TPSA) is 65.9 Å². The number of hydrogen-bond donors (Lipinski definition) is 1. The molecule has 0 spiro atoms. The summed E-state index contributed by atoms with van der Waals surface area (Å²) in [4.78, 5) is 6.74. The molecule has 0 bridgehead atoms. The molecule has 0 saturated carbocycles. The van der Waals surface area contributed by atoms with E-state index in [2.05, 4.69) is 16.0 Å². The van der Waals surface area contributed by atoms with Gasteiger partial charge in [-0.2, -0.15) is 5.26 Å². The van der Waals surface area contributed by atoms with Crippen molar-refractivity contribution in [3.8, 4) is 6.07 Å². The van der Waals surface area contributed by atoms with E-state index in [1.54, 1.807) is 0 Å². The Kier molecular flexibility index (Phi) is 3.53. The first-order valence-electron chi connectivity index (χ1n) is 6.41. The first-order chi connectivity index (χ1) is 8.52. The minimum Gasteiger partial charge on any atom is -0.355 e. The van der Waals surface area contributed by atoms with Gasteiger partial charge in [0.15, 0.2) is 0 Å². The number of pyridine rings is 1. The molecule has 0 aliphatic carbocycles. The predicted molar refractivity (Wildman–Crippen MR) is 72.4 cm³/mol. The van der Waals surface area contributed by atoms with Gasteiger partial charge in [0.2, 0.25) is 0 Å². The summed E-state index contributed by atoms with van der Waals surface area (Å²) in [5.41, 5.74) is 8.62. The molecule has 1 aromatic rings. The van der Waals surface area contributed by atoms with Crippen molar-refractivity contribution in [1.29, 1.82) is 5.26 Å². The van der Waals surface area contributed by atoms with Crippen LogP contribution in [0, 0.1) is 31.1 Å². The third-order valence-electron chi connectivity index (χ3n) is 3.71. The maximum atomic E-state index is 9.28. The third-order valence-corrected chi connectivity index (χ3v) is 3.71. The van der Waals surface area contributed by atoms with Crippen LogP contribution in [0.1, 0.15) is 30.2 Å². The normalized spacial score (nSPS) is 20.8. The van der Waals surface area contributed by atoms with E-state index >= 15 is 0 Å². The van der Waals surface area contributed by atoms with Crippen molar-refractivity contribution in [1.82, 2.24) is 4.98 Å². The minimum absolute atomic E-state index is 0.200. The molecule has 2 N–H and O–H groups in total. The number of nitrogens with two attached hydrogens (primary N) is 1. The summed E-state index contributed by atoms with van der Waals surface area (Å²) in [6, 6.07) is 4.44. The molecule has 0 radical (unpaired) electrons. The van der Waals surface area contributed by atoms with Gasteiger partial charge in [0.25, 0.3) is 0 Å². The van der Waals surface area contributed by atoms with E-state index < -0.39 is 0 Å². The molecule has 4 nitrogen and oxygen atoms in total. The zero-order chi connectivity index (χ0) is 13.3. The predicted octanol–water partition coefficient (Wildman–Crippen LogP) is 1.74. The van der Waals surface area contributed by atoms with E-state index in [0.717, 1.165) is 36.6 Å². The molecule has 2 atom stereocenters. The van der Waals surface area contributed by atoms with Gasteiger partial charge in [0.05, 0.1) is 5.56 Å². The zero-order valence-corrected chi connectivity index (χ0v) is 11.3. The van der Waals surface area contributed by atoms with Crippen LogP contribution in [0.2, 0.25) is 0 Å². The van der Waals surface area contributed by atoms with E-state index in [1.807, 2.05) is 26.8 Å². The lowest BCUT2D eigenvalue weighted by Gasteiger charge is -2.21. The van der Waals surface area contributed by atoms with Gasteiger partial charge in [-0.15, -0.1) is 0 Å². The summed E-state index contributed by atoms with van der Waals surface area (Å²) < 4.78 is 0. The van der Waals surface area contributed by atoms with Gasteiger partial charge >= 0.3 is 0 Å². The highest BCUT2D eigenvalue weighted by Crippen LogP contribution is 2.28. The summed E-state index contributed by atoms with van der Waals surface area (Å²) in [6.07, 6.45) is 1.08. The molecule has 18 heavy (non-hydrogen) atoms. The summed E-state index contributed by atoms with van der Waals surface area (Å²) in [7, 11) is 0. The van der Waals surface area contributed by atoms with Crippen molar-refractivity contribution >= 4 is 5.82 Å². The quantitative estimate of drug-likeness (QED) is 0.860. The largest absolute Gasteiger partial charge is 0.355 e. The SMILES string of the molecule is Cc1cc(C)c(C#N)c(N2CCC(C(C)N)C2)n1. The molecule has 1 saturated heterocycles. The Morgan fingerprint density at radius 1 is 1.56 bits per heavy atom. The van der Waals surface area contributed by atoms with Crippen molar-refractivity contribution in [2.24, 2.45) is 11.7 Å². The molecule has 96 valence electrons. The molecule has 1 aliphatic rings. The molecule has 2 heterocycles. The van der Waals surface area contributed by atoms with Gasteiger partial charge in [-0.25, -0.2) is 4.98 Å². The Labute approximate surface area is 108 Å². The number of anilines is 1. The number of nitriles is 1. The summed E-state index contributed by atoms with van der Waals surface area (Å²) in [5.74, 6) is 1.33. The summed E-state index contributed by atoms with van der Waals surface area (Å²) in [5, 5.41) is 9.28. The van der Waals surface area contributed by atoms with Gasteiger partial charge in [-0.05, 0) is 44.7 Å². The average Bonchev–Trinajstić information content (AvgIpc) is 2.77. The van der Waals surface area contributed by atoms with E-state index in [0.29, 0.717) is 11.5 Å². The molecular weight excluding hydrogens is 224 g/mol. The van der Waals surface area contributed by atoms with E-state index in [1.165, 1.54) is 0 Å². The minimum atomic E-state index is 0.200. The number of aromatic nitrogens is 1. The number of hydrogen-bond acceptors (Lipinski definition) is 4. The highest BCUT2D eigenvalue weighted by Gasteiger charge is 2.28. The smallest absolute Gasteiger partial charge is 0.147 e. The average molecular weight is 244 g/mol. The number of aryl methyl sites for hydroxylation is 2. The fourth-order valence-electron chi connectivity index (χ4n) is 2.59. The monoisotopic (exact) mass is 244 g/mol. The second kappa shape index (κ2) is 4.95. The van der Waals surface area contributed by atoms with Gasteiger partial charge < -0.3 is 10.6 Å². The summed E-state index contributed by atoms with van der Waals surface area (Å²) in [6.45, 7) is 7.83. The maximum absolute atomic E-state index is 9.28. The third kappa shape index (κ3) is 2.32. The van der Waals surface area contributed by atoms with Crippen LogP contribution in [0.15, 0.2) is 6.07 Å². The highest BCUT2D eigenvalue weighted by molar-refractivity contribution is 5.58.